The second-order valence-electron chi connectivity index (χ2n) is 2.24. The molecular formula is C9H12O. The van der Waals surface area contributed by atoms with E-state index in [-0.39, 0.29) is 0 Å². The summed E-state index contributed by atoms with van der Waals surface area (Å²) in [6.45, 7) is 6.54. The van der Waals surface area contributed by atoms with Crippen molar-refractivity contribution in [3.63, 3.8) is 0 Å². The second kappa shape index (κ2) is 3.25. The molecule has 0 bridgehead atoms. The number of hydrogen-bond acceptors (Lipinski definition) is 1. The highest BCUT2D eigenvalue weighted by molar-refractivity contribution is 5.30. The lowest BCUT2D eigenvalue weighted by molar-refractivity contribution is 0.241. The molecule has 1 nitrogen and oxygen atoms in total. The van der Waals surface area contributed by atoms with Gasteiger partial charge in [0.15, 0.2) is 0 Å². The predicted octanol–water partition coefficient (Wildman–Crippen LogP) is 2.42. The number of ether oxygens (including phenoxy) is 1. The molecule has 0 saturated carbocycles. The molecule has 0 unspecified atom stereocenters. The third-order valence-electron chi connectivity index (χ3n) is 1.36. The lowest BCUT2D eigenvalue weighted by atomic mass is 10.1. The summed E-state index contributed by atoms with van der Waals surface area (Å²) in [6.07, 6.45) is 6.91. The van der Waals surface area contributed by atoms with Gasteiger partial charge in [0.1, 0.15) is 5.76 Å². The van der Waals surface area contributed by atoms with Gasteiger partial charge >= 0.3 is 0 Å². The van der Waals surface area contributed by atoms with E-state index < -0.39 is 0 Å². The standard InChI is InChI=1S/C9H12O/c1-3-10-9-6-4-8(2)5-7-9/h4,6-7H,2-3,5H2,1H3. The van der Waals surface area contributed by atoms with E-state index in [1.807, 2.05) is 25.2 Å². The van der Waals surface area contributed by atoms with E-state index in [0.717, 1.165) is 24.4 Å². The second-order valence-corrected chi connectivity index (χ2v) is 2.24. The Morgan fingerprint density at radius 3 is 2.90 bits per heavy atom. The van der Waals surface area contributed by atoms with Gasteiger partial charge in [-0.3, -0.25) is 0 Å². The van der Waals surface area contributed by atoms with Crippen LogP contribution in [0.1, 0.15) is 13.3 Å². The maximum absolute atomic E-state index is 5.26. The fourth-order valence-corrected chi connectivity index (χ4v) is 0.841. The minimum absolute atomic E-state index is 0.739. The fourth-order valence-electron chi connectivity index (χ4n) is 0.841. The Morgan fingerprint density at radius 1 is 1.60 bits per heavy atom. The van der Waals surface area contributed by atoms with Crippen LogP contribution in [0.4, 0.5) is 0 Å². The molecule has 0 fully saturated rings. The molecule has 0 radical (unpaired) electrons. The Hall–Kier alpha value is -0.980. The monoisotopic (exact) mass is 136 g/mol. The minimum atomic E-state index is 0.739. The van der Waals surface area contributed by atoms with E-state index in [0.29, 0.717) is 0 Å². The first-order valence-corrected chi connectivity index (χ1v) is 3.51. The number of rotatable bonds is 2. The first-order chi connectivity index (χ1) is 4.83. The highest BCUT2D eigenvalue weighted by atomic mass is 16.5. The molecule has 0 spiro atoms. The van der Waals surface area contributed by atoms with E-state index >= 15 is 0 Å². The molecule has 0 N–H and O–H groups in total. The molecule has 1 aliphatic carbocycles. The van der Waals surface area contributed by atoms with Crippen LogP contribution >= 0.6 is 0 Å². The van der Waals surface area contributed by atoms with Crippen molar-refractivity contribution in [1.29, 1.82) is 0 Å². The molecule has 1 rings (SSSR count). The fraction of sp³-hybridized carbons (Fsp3) is 0.333. The maximum Gasteiger partial charge on any atom is 0.115 e. The van der Waals surface area contributed by atoms with Crippen LogP contribution in [0.5, 0.6) is 0 Å². The third-order valence-corrected chi connectivity index (χ3v) is 1.36. The zero-order chi connectivity index (χ0) is 7.40. The third kappa shape index (κ3) is 1.76. The lowest BCUT2D eigenvalue weighted by Gasteiger charge is -2.07. The largest absolute Gasteiger partial charge is 0.494 e. The van der Waals surface area contributed by atoms with Crippen LogP contribution in [0.15, 0.2) is 36.1 Å². The zero-order valence-corrected chi connectivity index (χ0v) is 6.26. The van der Waals surface area contributed by atoms with E-state index in [4.69, 9.17) is 4.74 Å². The van der Waals surface area contributed by atoms with Crippen LogP contribution in [0, 0.1) is 0 Å². The van der Waals surface area contributed by atoms with E-state index in [1.54, 1.807) is 0 Å². The summed E-state index contributed by atoms with van der Waals surface area (Å²) in [5.74, 6) is 0.968. The summed E-state index contributed by atoms with van der Waals surface area (Å²) in [4.78, 5) is 0. The summed E-state index contributed by atoms with van der Waals surface area (Å²) in [5.41, 5.74) is 1.14. The Balaban J connectivity index is 2.50. The molecule has 0 aromatic heterocycles. The maximum atomic E-state index is 5.26. The van der Waals surface area contributed by atoms with Crippen LogP contribution in [0.2, 0.25) is 0 Å². The van der Waals surface area contributed by atoms with E-state index in [1.165, 1.54) is 0 Å². The normalized spacial score (nSPS) is 16.9. The van der Waals surface area contributed by atoms with E-state index in [9.17, 15) is 0 Å². The van der Waals surface area contributed by atoms with Crippen molar-refractivity contribution < 1.29 is 4.74 Å². The van der Waals surface area contributed by atoms with Crippen molar-refractivity contribution in [2.75, 3.05) is 6.61 Å². The highest BCUT2D eigenvalue weighted by Crippen LogP contribution is 2.13. The van der Waals surface area contributed by atoms with Crippen molar-refractivity contribution in [2.24, 2.45) is 0 Å². The van der Waals surface area contributed by atoms with Gasteiger partial charge < -0.3 is 4.74 Å². The van der Waals surface area contributed by atoms with Crippen LogP contribution < -0.4 is 0 Å². The van der Waals surface area contributed by atoms with Crippen LogP contribution in [-0.4, -0.2) is 6.61 Å². The summed E-state index contributed by atoms with van der Waals surface area (Å²) in [5, 5.41) is 0. The molecular weight excluding hydrogens is 124 g/mol. The topological polar surface area (TPSA) is 9.23 Å². The Bertz CT molecular complexity index is 187. The molecule has 0 amide bonds. The van der Waals surface area contributed by atoms with Gasteiger partial charge in [0.25, 0.3) is 0 Å². The molecule has 10 heavy (non-hydrogen) atoms. The van der Waals surface area contributed by atoms with Gasteiger partial charge in [0, 0.05) is 0 Å². The quantitative estimate of drug-likeness (QED) is 0.566. The lowest BCUT2D eigenvalue weighted by Crippen LogP contribution is -1.92. The van der Waals surface area contributed by atoms with Gasteiger partial charge in [-0.1, -0.05) is 18.2 Å². The Morgan fingerprint density at radius 2 is 2.40 bits per heavy atom. The van der Waals surface area contributed by atoms with Crippen LogP contribution in [0.3, 0.4) is 0 Å². The van der Waals surface area contributed by atoms with Gasteiger partial charge in [0.2, 0.25) is 0 Å². The van der Waals surface area contributed by atoms with Gasteiger partial charge in [-0.25, -0.2) is 0 Å². The average molecular weight is 136 g/mol. The molecule has 0 aromatic rings. The molecule has 0 aromatic carbocycles. The Kier molecular flexibility index (Phi) is 2.32. The summed E-state index contributed by atoms with van der Waals surface area (Å²) < 4.78 is 5.26. The first kappa shape index (κ1) is 7.13. The van der Waals surface area contributed by atoms with Crippen molar-refractivity contribution >= 4 is 0 Å². The molecule has 54 valence electrons. The van der Waals surface area contributed by atoms with Gasteiger partial charge in [-0.2, -0.15) is 0 Å². The first-order valence-electron chi connectivity index (χ1n) is 3.51. The van der Waals surface area contributed by atoms with Crippen LogP contribution in [-0.2, 0) is 4.74 Å². The van der Waals surface area contributed by atoms with Crippen molar-refractivity contribution in [2.45, 2.75) is 13.3 Å². The number of hydrogen-bond donors (Lipinski definition) is 0. The van der Waals surface area contributed by atoms with Crippen LogP contribution in [0.25, 0.3) is 0 Å². The van der Waals surface area contributed by atoms with Crippen molar-refractivity contribution in [3.05, 3.63) is 36.1 Å². The zero-order valence-electron chi connectivity index (χ0n) is 6.26. The SMILES string of the molecule is C=C1C=CC(OCC)=CC1. The van der Waals surface area contributed by atoms with E-state index in [2.05, 4.69) is 6.58 Å². The Labute approximate surface area is 61.7 Å². The molecule has 0 heterocycles. The summed E-state index contributed by atoms with van der Waals surface area (Å²) in [7, 11) is 0. The highest BCUT2D eigenvalue weighted by Gasteiger charge is 1.97. The predicted molar refractivity (Wildman–Crippen MR) is 42.6 cm³/mol. The number of allylic oxidation sites excluding steroid dienone is 4. The molecule has 1 heteroatoms. The molecule has 0 atom stereocenters. The molecule has 0 aliphatic heterocycles. The van der Waals surface area contributed by atoms with Gasteiger partial charge in [-0.05, 0) is 25.5 Å². The molecule has 1 aliphatic rings. The smallest absolute Gasteiger partial charge is 0.115 e. The summed E-state index contributed by atoms with van der Waals surface area (Å²) >= 11 is 0. The van der Waals surface area contributed by atoms with Crippen molar-refractivity contribution in [3.8, 4) is 0 Å². The minimum Gasteiger partial charge on any atom is -0.494 e. The van der Waals surface area contributed by atoms with Gasteiger partial charge in [-0.15, -0.1) is 0 Å². The van der Waals surface area contributed by atoms with Crippen molar-refractivity contribution in [1.82, 2.24) is 0 Å². The van der Waals surface area contributed by atoms with Gasteiger partial charge in [0.05, 0.1) is 6.61 Å². The average Bonchev–Trinajstić information content (AvgIpc) is 1.95. The summed E-state index contributed by atoms with van der Waals surface area (Å²) in [6, 6.07) is 0. The molecule has 0 saturated heterocycles.